The Kier molecular flexibility index (Phi) is 6.69. The lowest BCUT2D eigenvalue weighted by Gasteiger charge is -2.17. The minimum atomic E-state index is -0.140. The Bertz CT molecular complexity index is 674. The van der Waals surface area contributed by atoms with Crippen LogP contribution in [0.1, 0.15) is 0 Å². The number of nitrogens with zero attached hydrogens (tertiary/aromatic N) is 1. The highest BCUT2D eigenvalue weighted by Gasteiger charge is 2.11. The molecule has 0 aromatic heterocycles. The molecule has 126 valence electrons. The summed E-state index contributed by atoms with van der Waals surface area (Å²) in [7, 11) is 1.71. The number of ether oxygens (including phenoxy) is 1. The Morgan fingerprint density at radius 2 is 1.75 bits per heavy atom. The summed E-state index contributed by atoms with van der Waals surface area (Å²) in [4.78, 5) is 25.2. The Labute approximate surface area is 146 Å². The van der Waals surface area contributed by atoms with E-state index in [4.69, 9.17) is 4.74 Å². The molecular formula is C18H20N2O3S. The molecule has 0 spiro atoms. The third-order valence-electron chi connectivity index (χ3n) is 3.29. The van der Waals surface area contributed by atoms with Gasteiger partial charge in [-0.15, -0.1) is 0 Å². The van der Waals surface area contributed by atoms with Crippen LogP contribution in [-0.4, -0.2) is 37.5 Å². The lowest BCUT2D eigenvalue weighted by atomic mass is 10.3. The number of para-hydroxylation sites is 1. The third kappa shape index (κ3) is 5.31. The van der Waals surface area contributed by atoms with Gasteiger partial charge in [0.25, 0.3) is 5.91 Å². The van der Waals surface area contributed by atoms with Crippen molar-refractivity contribution in [2.24, 2.45) is 0 Å². The van der Waals surface area contributed by atoms with Gasteiger partial charge >= 0.3 is 0 Å². The van der Waals surface area contributed by atoms with E-state index in [1.54, 1.807) is 36.2 Å². The number of hydrogen-bond acceptors (Lipinski definition) is 4. The number of nitrogens with one attached hydrogen (secondary N) is 1. The van der Waals surface area contributed by atoms with Gasteiger partial charge in [-0.2, -0.15) is 11.8 Å². The van der Waals surface area contributed by atoms with Crippen LogP contribution in [-0.2, 0) is 9.59 Å². The molecule has 0 radical (unpaired) electrons. The number of rotatable bonds is 7. The largest absolute Gasteiger partial charge is 0.484 e. The fourth-order valence-electron chi connectivity index (χ4n) is 2.00. The van der Waals surface area contributed by atoms with Gasteiger partial charge in [0.15, 0.2) is 6.61 Å². The van der Waals surface area contributed by atoms with Gasteiger partial charge in [0, 0.05) is 18.4 Å². The highest BCUT2D eigenvalue weighted by atomic mass is 32.2. The normalized spacial score (nSPS) is 10.1. The minimum absolute atomic E-state index is 0.0455. The Hall–Kier alpha value is -2.47. The number of likely N-dealkylation sites (N-methyl/N-ethyl adjacent to an activating group) is 1. The first-order chi connectivity index (χ1) is 11.6. The summed E-state index contributed by atoms with van der Waals surface area (Å²) in [5, 5.41) is 2.78. The molecule has 0 unspecified atom stereocenters. The second-order valence-corrected chi connectivity index (χ2v) is 5.95. The molecule has 2 amide bonds. The Morgan fingerprint density at radius 1 is 1.08 bits per heavy atom. The van der Waals surface area contributed by atoms with Crippen molar-refractivity contribution in [2.45, 2.75) is 0 Å². The second kappa shape index (κ2) is 8.98. The number of amides is 2. The van der Waals surface area contributed by atoms with Crippen LogP contribution in [0.25, 0.3) is 0 Å². The predicted octanol–water partition coefficient (Wildman–Crippen LogP) is 3.03. The van der Waals surface area contributed by atoms with E-state index in [0.717, 1.165) is 5.69 Å². The van der Waals surface area contributed by atoms with Crippen molar-refractivity contribution in [3.05, 3.63) is 54.6 Å². The minimum Gasteiger partial charge on any atom is -0.484 e. The van der Waals surface area contributed by atoms with Crippen LogP contribution in [0.2, 0.25) is 0 Å². The van der Waals surface area contributed by atoms with E-state index in [0.29, 0.717) is 17.2 Å². The first-order valence-corrected chi connectivity index (χ1v) is 8.83. The molecule has 1 N–H and O–H groups in total. The summed E-state index contributed by atoms with van der Waals surface area (Å²) in [6, 6.07) is 16.3. The molecule has 0 aliphatic carbocycles. The van der Waals surface area contributed by atoms with Gasteiger partial charge < -0.3 is 15.0 Å². The third-order valence-corrected chi connectivity index (χ3v) is 3.84. The molecule has 2 aromatic carbocycles. The van der Waals surface area contributed by atoms with Gasteiger partial charge in [-0.1, -0.05) is 18.2 Å². The quantitative estimate of drug-likeness (QED) is 0.839. The lowest BCUT2D eigenvalue weighted by Crippen LogP contribution is -2.31. The van der Waals surface area contributed by atoms with Crippen molar-refractivity contribution in [2.75, 3.05) is 35.9 Å². The van der Waals surface area contributed by atoms with E-state index in [1.807, 2.05) is 36.6 Å². The molecule has 0 aliphatic rings. The highest BCUT2D eigenvalue weighted by Crippen LogP contribution is 2.17. The summed E-state index contributed by atoms with van der Waals surface area (Å²) in [6.07, 6.45) is 1.87. The van der Waals surface area contributed by atoms with Gasteiger partial charge in [-0.05, 0) is 42.7 Å². The Morgan fingerprint density at radius 3 is 2.38 bits per heavy atom. The summed E-state index contributed by atoms with van der Waals surface area (Å²) < 4.78 is 5.51. The molecule has 0 saturated heterocycles. The number of hydrogen-bond donors (Lipinski definition) is 1. The monoisotopic (exact) mass is 344 g/mol. The number of thioether (sulfide) groups is 1. The molecule has 24 heavy (non-hydrogen) atoms. The molecule has 2 aromatic rings. The van der Waals surface area contributed by atoms with Crippen LogP contribution in [0.15, 0.2) is 54.6 Å². The molecule has 0 bridgehead atoms. The Balaban J connectivity index is 1.85. The van der Waals surface area contributed by atoms with Crippen molar-refractivity contribution < 1.29 is 14.3 Å². The van der Waals surface area contributed by atoms with Gasteiger partial charge in [0.2, 0.25) is 5.91 Å². The SMILES string of the molecule is CSCC(=O)Nc1ccc(OCC(=O)N(C)c2ccccc2)cc1. The molecule has 0 atom stereocenters. The van der Waals surface area contributed by atoms with Gasteiger partial charge in [0.1, 0.15) is 5.75 Å². The molecule has 2 rings (SSSR count). The van der Waals surface area contributed by atoms with Gasteiger partial charge in [-0.25, -0.2) is 0 Å². The van der Waals surface area contributed by atoms with Crippen LogP contribution in [0.5, 0.6) is 5.75 Å². The van der Waals surface area contributed by atoms with E-state index >= 15 is 0 Å². The second-order valence-electron chi connectivity index (χ2n) is 5.08. The average molecular weight is 344 g/mol. The summed E-state index contributed by atoms with van der Waals surface area (Å²) in [5.74, 6) is 0.806. The molecule has 0 heterocycles. The van der Waals surface area contributed by atoms with Crippen molar-refractivity contribution in [1.29, 1.82) is 0 Å². The maximum Gasteiger partial charge on any atom is 0.264 e. The van der Waals surface area contributed by atoms with E-state index in [1.165, 1.54) is 11.8 Å². The summed E-state index contributed by atoms with van der Waals surface area (Å²) in [6.45, 7) is -0.0520. The predicted molar refractivity (Wildman–Crippen MR) is 98.8 cm³/mol. The number of anilines is 2. The fraction of sp³-hybridized carbons (Fsp3) is 0.222. The number of carbonyl (C=O) groups is 2. The topological polar surface area (TPSA) is 58.6 Å². The summed E-state index contributed by atoms with van der Waals surface area (Å²) >= 11 is 1.47. The van der Waals surface area contributed by atoms with Crippen molar-refractivity contribution >= 4 is 35.0 Å². The summed E-state index contributed by atoms with van der Waals surface area (Å²) in [5.41, 5.74) is 1.52. The fourth-order valence-corrected chi connectivity index (χ4v) is 2.33. The lowest BCUT2D eigenvalue weighted by molar-refractivity contribution is -0.120. The highest BCUT2D eigenvalue weighted by molar-refractivity contribution is 7.99. The maximum atomic E-state index is 12.1. The zero-order valence-corrected chi connectivity index (χ0v) is 14.5. The zero-order chi connectivity index (χ0) is 17.4. The van der Waals surface area contributed by atoms with Crippen LogP contribution >= 0.6 is 11.8 Å². The van der Waals surface area contributed by atoms with Crippen LogP contribution in [0.3, 0.4) is 0 Å². The average Bonchev–Trinajstić information content (AvgIpc) is 2.61. The molecule has 5 nitrogen and oxygen atoms in total. The molecule has 6 heteroatoms. The maximum absolute atomic E-state index is 12.1. The molecule has 0 fully saturated rings. The molecular weight excluding hydrogens is 324 g/mol. The molecule has 0 aliphatic heterocycles. The number of carbonyl (C=O) groups excluding carboxylic acids is 2. The standard InChI is InChI=1S/C18H20N2O3S/c1-20(15-6-4-3-5-7-15)18(22)12-23-16-10-8-14(9-11-16)19-17(21)13-24-2/h3-11H,12-13H2,1-2H3,(H,19,21). The van der Waals surface area contributed by atoms with Crippen LogP contribution in [0, 0.1) is 0 Å². The van der Waals surface area contributed by atoms with Gasteiger partial charge in [-0.3, -0.25) is 9.59 Å². The van der Waals surface area contributed by atoms with Gasteiger partial charge in [0.05, 0.1) is 5.75 Å². The zero-order valence-electron chi connectivity index (χ0n) is 13.7. The van der Waals surface area contributed by atoms with E-state index in [9.17, 15) is 9.59 Å². The van der Waals surface area contributed by atoms with Crippen molar-refractivity contribution in [3.8, 4) is 5.75 Å². The number of benzene rings is 2. The first-order valence-electron chi connectivity index (χ1n) is 7.43. The van der Waals surface area contributed by atoms with E-state index in [2.05, 4.69) is 5.32 Å². The van der Waals surface area contributed by atoms with E-state index in [-0.39, 0.29) is 18.4 Å². The molecule has 0 saturated carbocycles. The van der Waals surface area contributed by atoms with Crippen molar-refractivity contribution in [1.82, 2.24) is 0 Å². The van der Waals surface area contributed by atoms with Crippen LogP contribution in [0.4, 0.5) is 11.4 Å². The first kappa shape index (κ1) is 17.9. The van der Waals surface area contributed by atoms with E-state index < -0.39 is 0 Å². The smallest absolute Gasteiger partial charge is 0.264 e. The van der Waals surface area contributed by atoms with Crippen molar-refractivity contribution in [3.63, 3.8) is 0 Å². The van der Waals surface area contributed by atoms with Crippen LogP contribution < -0.4 is 15.0 Å².